The molecule has 1 aromatic heterocycles. The summed E-state index contributed by atoms with van der Waals surface area (Å²) in [6.07, 6.45) is 8.98. The van der Waals surface area contributed by atoms with Gasteiger partial charge < -0.3 is 5.32 Å². The highest BCUT2D eigenvalue weighted by molar-refractivity contribution is 7.11. The smallest absolute Gasteiger partial charge is 0.114 e. The molecule has 1 atom stereocenters. The largest absolute Gasteiger partial charge is 0.302 e. The molecule has 0 radical (unpaired) electrons. The number of hydrogen-bond acceptors (Lipinski definition) is 3. The lowest BCUT2D eigenvalue weighted by atomic mass is 9.84. The van der Waals surface area contributed by atoms with Gasteiger partial charge in [-0.25, -0.2) is 4.98 Å². The van der Waals surface area contributed by atoms with Crippen molar-refractivity contribution < 1.29 is 0 Å². The van der Waals surface area contributed by atoms with Gasteiger partial charge in [0.2, 0.25) is 0 Å². The first-order valence-electron chi connectivity index (χ1n) is 7.92. The van der Waals surface area contributed by atoms with Gasteiger partial charge in [0.1, 0.15) is 5.01 Å². The molecule has 0 aromatic carbocycles. The summed E-state index contributed by atoms with van der Waals surface area (Å²) in [5.41, 5.74) is 1.52. The summed E-state index contributed by atoms with van der Waals surface area (Å²) in [5, 5.41) is 5.29. The van der Waals surface area contributed by atoms with E-state index in [1.807, 2.05) is 11.3 Å². The van der Waals surface area contributed by atoms with E-state index < -0.39 is 0 Å². The van der Waals surface area contributed by atoms with Gasteiger partial charge in [0, 0.05) is 10.9 Å². The number of rotatable bonds is 5. The predicted molar refractivity (Wildman–Crippen MR) is 81.7 cm³/mol. The normalized spacial score (nSPS) is 22.3. The summed E-state index contributed by atoms with van der Waals surface area (Å²) in [5.74, 6) is 0.603. The molecule has 2 aliphatic carbocycles. The zero-order chi connectivity index (χ0) is 13.5. The summed E-state index contributed by atoms with van der Waals surface area (Å²) in [7, 11) is 0. The molecule has 3 heteroatoms. The SMILES string of the molecule is CCC(NC1CC1)(c1nc2c(s1)CCCC2)C(C)C. The summed E-state index contributed by atoms with van der Waals surface area (Å²) in [6.45, 7) is 7.01. The number of fused-ring (bicyclic) bond motifs is 1. The quantitative estimate of drug-likeness (QED) is 0.879. The molecular formula is C16H26N2S. The van der Waals surface area contributed by atoms with Crippen molar-refractivity contribution >= 4 is 11.3 Å². The molecule has 0 bridgehead atoms. The second-order valence-electron chi connectivity index (χ2n) is 6.49. The Kier molecular flexibility index (Phi) is 3.69. The van der Waals surface area contributed by atoms with Crippen molar-refractivity contribution in [2.75, 3.05) is 0 Å². The van der Waals surface area contributed by atoms with E-state index in [2.05, 4.69) is 26.1 Å². The first kappa shape index (κ1) is 13.6. The number of aryl methyl sites for hydroxylation is 2. The summed E-state index contributed by atoms with van der Waals surface area (Å²) >= 11 is 1.99. The highest BCUT2D eigenvalue weighted by Gasteiger charge is 2.41. The van der Waals surface area contributed by atoms with Crippen molar-refractivity contribution in [1.29, 1.82) is 0 Å². The zero-order valence-electron chi connectivity index (χ0n) is 12.5. The van der Waals surface area contributed by atoms with Crippen LogP contribution in [0.15, 0.2) is 0 Å². The molecule has 106 valence electrons. The van der Waals surface area contributed by atoms with Crippen molar-refractivity contribution in [3.63, 3.8) is 0 Å². The van der Waals surface area contributed by atoms with Gasteiger partial charge in [-0.1, -0.05) is 20.8 Å². The maximum absolute atomic E-state index is 5.05. The summed E-state index contributed by atoms with van der Waals surface area (Å²) in [4.78, 5) is 6.62. The van der Waals surface area contributed by atoms with E-state index in [1.54, 1.807) is 4.88 Å². The molecule has 1 aromatic rings. The van der Waals surface area contributed by atoms with Crippen LogP contribution in [0, 0.1) is 5.92 Å². The van der Waals surface area contributed by atoms with Crippen molar-refractivity contribution in [2.24, 2.45) is 5.92 Å². The molecule has 2 nitrogen and oxygen atoms in total. The molecule has 19 heavy (non-hydrogen) atoms. The van der Waals surface area contributed by atoms with E-state index in [4.69, 9.17) is 4.98 Å². The summed E-state index contributed by atoms with van der Waals surface area (Å²) in [6, 6.07) is 0.739. The minimum atomic E-state index is 0.114. The van der Waals surface area contributed by atoms with Gasteiger partial charge in [-0.2, -0.15) is 0 Å². The van der Waals surface area contributed by atoms with Gasteiger partial charge >= 0.3 is 0 Å². The molecular weight excluding hydrogens is 252 g/mol. The fourth-order valence-corrected chi connectivity index (χ4v) is 4.79. The summed E-state index contributed by atoms with van der Waals surface area (Å²) < 4.78 is 0. The van der Waals surface area contributed by atoms with E-state index in [-0.39, 0.29) is 5.54 Å². The van der Waals surface area contributed by atoms with Crippen LogP contribution in [0.4, 0.5) is 0 Å². The Hall–Kier alpha value is -0.410. The highest BCUT2D eigenvalue weighted by atomic mass is 32.1. The Labute approximate surface area is 121 Å². The average molecular weight is 278 g/mol. The molecule has 0 amide bonds. The second kappa shape index (κ2) is 5.17. The van der Waals surface area contributed by atoms with Crippen LogP contribution in [-0.4, -0.2) is 11.0 Å². The lowest BCUT2D eigenvalue weighted by molar-refractivity contribution is 0.224. The lowest BCUT2D eigenvalue weighted by Gasteiger charge is -2.36. The number of hydrogen-bond donors (Lipinski definition) is 1. The van der Waals surface area contributed by atoms with Crippen LogP contribution < -0.4 is 5.32 Å². The molecule has 0 saturated heterocycles. The molecule has 1 unspecified atom stereocenters. The van der Waals surface area contributed by atoms with Crippen LogP contribution in [0.2, 0.25) is 0 Å². The molecule has 3 rings (SSSR count). The van der Waals surface area contributed by atoms with Crippen LogP contribution in [0.5, 0.6) is 0 Å². The van der Waals surface area contributed by atoms with Gasteiger partial charge in [0.05, 0.1) is 11.2 Å². The Morgan fingerprint density at radius 1 is 1.32 bits per heavy atom. The monoisotopic (exact) mass is 278 g/mol. The third-order valence-electron chi connectivity index (χ3n) is 4.81. The lowest BCUT2D eigenvalue weighted by Crippen LogP contribution is -2.47. The van der Waals surface area contributed by atoms with Crippen molar-refractivity contribution in [3.05, 3.63) is 15.6 Å². The third-order valence-corrected chi connectivity index (χ3v) is 6.14. The van der Waals surface area contributed by atoms with E-state index in [0.717, 1.165) is 12.5 Å². The highest BCUT2D eigenvalue weighted by Crippen LogP contribution is 2.41. The van der Waals surface area contributed by atoms with E-state index in [0.29, 0.717) is 5.92 Å². The van der Waals surface area contributed by atoms with Gasteiger partial charge in [-0.3, -0.25) is 0 Å². The van der Waals surface area contributed by atoms with Crippen LogP contribution >= 0.6 is 11.3 Å². The topological polar surface area (TPSA) is 24.9 Å². The van der Waals surface area contributed by atoms with Crippen LogP contribution in [0.1, 0.15) is 68.5 Å². The molecule has 1 N–H and O–H groups in total. The Balaban J connectivity index is 1.95. The number of nitrogens with one attached hydrogen (secondary N) is 1. The average Bonchev–Trinajstić information content (AvgIpc) is 3.11. The van der Waals surface area contributed by atoms with Gasteiger partial charge in [0.25, 0.3) is 0 Å². The van der Waals surface area contributed by atoms with Crippen LogP contribution in [0.25, 0.3) is 0 Å². The number of aromatic nitrogens is 1. The first-order valence-corrected chi connectivity index (χ1v) is 8.74. The molecule has 1 saturated carbocycles. The van der Waals surface area contributed by atoms with Gasteiger partial charge in [-0.15, -0.1) is 11.3 Å². The van der Waals surface area contributed by atoms with Crippen molar-refractivity contribution in [3.8, 4) is 0 Å². The Morgan fingerprint density at radius 3 is 2.63 bits per heavy atom. The van der Waals surface area contributed by atoms with E-state index in [1.165, 1.54) is 49.2 Å². The minimum absolute atomic E-state index is 0.114. The Bertz CT molecular complexity index is 424. The molecule has 0 aliphatic heterocycles. The van der Waals surface area contributed by atoms with E-state index >= 15 is 0 Å². The van der Waals surface area contributed by atoms with Crippen molar-refractivity contribution in [2.45, 2.75) is 77.3 Å². The zero-order valence-corrected chi connectivity index (χ0v) is 13.3. The minimum Gasteiger partial charge on any atom is -0.302 e. The first-order chi connectivity index (χ1) is 9.15. The molecule has 1 fully saturated rings. The standard InChI is InChI=1S/C16H26N2S/c1-4-16(11(2)3,18-12-9-10-12)15-17-13-7-5-6-8-14(13)19-15/h11-12,18H,4-10H2,1-3H3. The predicted octanol–water partition coefficient (Wildman–Crippen LogP) is 4.04. The fourth-order valence-electron chi connectivity index (χ4n) is 3.27. The van der Waals surface area contributed by atoms with Crippen molar-refractivity contribution in [1.82, 2.24) is 10.3 Å². The molecule has 1 heterocycles. The third kappa shape index (κ3) is 2.47. The molecule has 0 spiro atoms. The Morgan fingerprint density at radius 2 is 2.05 bits per heavy atom. The number of nitrogens with zero attached hydrogens (tertiary/aromatic N) is 1. The number of thiazole rings is 1. The molecule has 2 aliphatic rings. The van der Waals surface area contributed by atoms with Crippen LogP contribution in [0.3, 0.4) is 0 Å². The maximum Gasteiger partial charge on any atom is 0.114 e. The van der Waals surface area contributed by atoms with Gasteiger partial charge in [-0.05, 0) is 50.9 Å². The fraction of sp³-hybridized carbons (Fsp3) is 0.812. The van der Waals surface area contributed by atoms with Gasteiger partial charge in [0.15, 0.2) is 0 Å². The maximum atomic E-state index is 5.05. The van der Waals surface area contributed by atoms with Crippen LogP contribution in [-0.2, 0) is 18.4 Å². The second-order valence-corrected chi connectivity index (χ2v) is 7.58. The van der Waals surface area contributed by atoms with E-state index in [9.17, 15) is 0 Å².